The molecule has 66 valence electrons. The van der Waals surface area contributed by atoms with Crippen molar-refractivity contribution < 1.29 is 4.42 Å². The third-order valence-corrected chi connectivity index (χ3v) is 2.23. The molecule has 0 aliphatic heterocycles. The molecule has 1 aromatic carbocycles. The number of aryl methyl sites for hydroxylation is 1. The number of nitrogens with zero attached hydrogens (tertiary/aromatic N) is 1. The molecule has 0 saturated heterocycles. The van der Waals surface area contributed by atoms with Crippen molar-refractivity contribution in [3.8, 4) is 11.3 Å². The van der Waals surface area contributed by atoms with Gasteiger partial charge < -0.3 is 8.98 Å². The summed E-state index contributed by atoms with van der Waals surface area (Å²) in [7, 11) is 1.87. The van der Waals surface area contributed by atoms with Gasteiger partial charge in [0, 0.05) is 12.6 Å². The van der Waals surface area contributed by atoms with E-state index in [0.29, 0.717) is 4.84 Å². The highest BCUT2D eigenvalue weighted by Gasteiger charge is 2.01. The molecule has 0 N–H and O–H groups in total. The first-order valence-corrected chi connectivity index (χ1v) is 4.40. The molecule has 0 aliphatic carbocycles. The Morgan fingerprint density at radius 2 is 1.92 bits per heavy atom. The summed E-state index contributed by atoms with van der Waals surface area (Å²) < 4.78 is 7.17. The summed E-state index contributed by atoms with van der Waals surface area (Å²) in [4.78, 5) is 0.499. The van der Waals surface area contributed by atoms with Crippen LogP contribution in [0, 0.1) is 4.84 Å². The van der Waals surface area contributed by atoms with Gasteiger partial charge in [0.2, 0.25) is 0 Å². The number of aromatic nitrogens is 1. The molecule has 2 aromatic rings. The zero-order chi connectivity index (χ0) is 9.26. The lowest BCUT2D eigenvalue weighted by Gasteiger charge is -1.92. The van der Waals surface area contributed by atoms with Gasteiger partial charge in [0.25, 0.3) is 4.84 Å². The fraction of sp³-hybridized carbons (Fsp3) is 0.100. The molecule has 0 bridgehead atoms. The van der Waals surface area contributed by atoms with Gasteiger partial charge in [-0.1, -0.05) is 30.3 Å². The Morgan fingerprint density at radius 1 is 1.23 bits per heavy atom. The molecule has 2 rings (SSSR count). The van der Waals surface area contributed by atoms with Crippen molar-refractivity contribution in [2.24, 2.45) is 7.05 Å². The van der Waals surface area contributed by atoms with Crippen LogP contribution in [0.25, 0.3) is 11.3 Å². The maximum atomic E-state index is 5.38. The average Bonchev–Trinajstić information content (AvgIpc) is 2.49. The van der Waals surface area contributed by atoms with E-state index in [-0.39, 0.29) is 0 Å². The summed E-state index contributed by atoms with van der Waals surface area (Å²) in [5.74, 6) is 0.813. The third-order valence-electron chi connectivity index (χ3n) is 1.85. The fourth-order valence-electron chi connectivity index (χ4n) is 1.16. The van der Waals surface area contributed by atoms with E-state index in [1.807, 2.05) is 43.6 Å². The van der Waals surface area contributed by atoms with E-state index < -0.39 is 0 Å². The van der Waals surface area contributed by atoms with E-state index >= 15 is 0 Å². The molecule has 0 aliphatic rings. The lowest BCUT2D eigenvalue weighted by molar-refractivity contribution is 0.535. The molecule has 1 heterocycles. The zero-order valence-corrected chi connectivity index (χ0v) is 8.04. The van der Waals surface area contributed by atoms with Crippen LogP contribution in [0.5, 0.6) is 0 Å². The lowest BCUT2D eigenvalue weighted by Crippen LogP contribution is -1.80. The molecule has 0 spiro atoms. The number of oxazole rings is 1. The van der Waals surface area contributed by atoms with Gasteiger partial charge in [0.05, 0.1) is 6.20 Å². The third kappa shape index (κ3) is 1.55. The number of benzene rings is 1. The first-order valence-electron chi connectivity index (χ1n) is 3.99. The minimum Gasteiger partial charge on any atom is -0.429 e. The topological polar surface area (TPSA) is 18.1 Å². The highest BCUT2D eigenvalue weighted by atomic mass is 32.1. The quantitative estimate of drug-likeness (QED) is 0.645. The minimum atomic E-state index is 0.499. The Bertz CT molecular complexity index is 455. The Labute approximate surface area is 81.4 Å². The highest BCUT2D eigenvalue weighted by Crippen LogP contribution is 2.19. The molecule has 0 unspecified atom stereocenters. The van der Waals surface area contributed by atoms with Crippen LogP contribution in [0.15, 0.2) is 40.9 Å². The number of hydrogen-bond donors (Lipinski definition) is 0. The van der Waals surface area contributed by atoms with E-state index in [1.54, 1.807) is 4.57 Å². The molecule has 3 heteroatoms. The Balaban J connectivity index is 2.54. The molecular formula is C10H9NOS. The Morgan fingerprint density at radius 3 is 2.46 bits per heavy atom. The van der Waals surface area contributed by atoms with Crippen LogP contribution in [-0.2, 0) is 7.05 Å². The normalized spacial score (nSPS) is 10.2. The molecule has 2 nitrogen and oxygen atoms in total. The summed E-state index contributed by atoms with van der Waals surface area (Å²) in [6.45, 7) is 0. The molecule has 13 heavy (non-hydrogen) atoms. The van der Waals surface area contributed by atoms with Crippen molar-refractivity contribution >= 4 is 12.2 Å². The van der Waals surface area contributed by atoms with Crippen LogP contribution in [-0.4, -0.2) is 4.57 Å². The van der Waals surface area contributed by atoms with Crippen molar-refractivity contribution in [2.75, 3.05) is 0 Å². The predicted octanol–water partition coefficient (Wildman–Crippen LogP) is 3.01. The van der Waals surface area contributed by atoms with Crippen molar-refractivity contribution in [3.05, 3.63) is 41.4 Å². The minimum absolute atomic E-state index is 0.499. The Hall–Kier alpha value is -1.35. The van der Waals surface area contributed by atoms with Gasteiger partial charge in [-0.15, -0.1) is 0 Å². The lowest BCUT2D eigenvalue weighted by atomic mass is 10.2. The average molecular weight is 191 g/mol. The summed E-state index contributed by atoms with van der Waals surface area (Å²) in [6.07, 6.45) is 1.89. The summed E-state index contributed by atoms with van der Waals surface area (Å²) in [6, 6.07) is 9.91. The smallest absolute Gasteiger partial charge is 0.268 e. The summed E-state index contributed by atoms with van der Waals surface area (Å²) in [5.41, 5.74) is 1.05. The van der Waals surface area contributed by atoms with Crippen molar-refractivity contribution in [1.29, 1.82) is 0 Å². The van der Waals surface area contributed by atoms with Crippen molar-refractivity contribution in [1.82, 2.24) is 4.57 Å². The molecular weight excluding hydrogens is 182 g/mol. The largest absolute Gasteiger partial charge is 0.429 e. The maximum Gasteiger partial charge on any atom is 0.268 e. The van der Waals surface area contributed by atoms with E-state index in [4.69, 9.17) is 16.6 Å². The van der Waals surface area contributed by atoms with Crippen LogP contribution >= 0.6 is 12.2 Å². The first-order chi connectivity index (χ1) is 6.27. The van der Waals surface area contributed by atoms with Crippen LogP contribution in [0.4, 0.5) is 0 Å². The highest BCUT2D eigenvalue weighted by molar-refractivity contribution is 7.71. The molecule has 1 aromatic heterocycles. The van der Waals surface area contributed by atoms with E-state index in [0.717, 1.165) is 11.3 Å². The maximum absolute atomic E-state index is 5.38. The number of rotatable bonds is 1. The van der Waals surface area contributed by atoms with Gasteiger partial charge in [-0.05, 0) is 12.2 Å². The van der Waals surface area contributed by atoms with E-state index in [2.05, 4.69) is 0 Å². The van der Waals surface area contributed by atoms with Crippen LogP contribution < -0.4 is 0 Å². The van der Waals surface area contributed by atoms with E-state index in [1.165, 1.54) is 0 Å². The molecule has 0 radical (unpaired) electrons. The van der Waals surface area contributed by atoms with Gasteiger partial charge in [0.1, 0.15) is 0 Å². The second-order valence-corrected chi connectivity index (χ2v) is 3.19. The monoisotopic (exact) mass is 191 g/mol. The second-order valence-electron chi connectivity index (χ2n) is 2.84. The standard InChI is InChI=1S/C10H9NOS/c1-11-7-9(12-10(11)13)8-5-3-2-4-6-8/h2-7H,1H3. The molecule has 0 fully saturated rings. The van der Waals surface area contributed by atoms with Crippen LogP contribution in [0.2, 0.25) is 0 Å². The fourth-order valence-corrected chi connectivity index (χ4v) is 1.30. The van der Waals surface area contributed by atoms with Gasteiger partial charge in [-0.2, -0.15) is 0 Å². The van der Waals surface area contributed by atoms with Crippen molar-refractivity contribution in [2.45, 2.75) is 0 Å². The zero-order valence-electron chi connectivity index (χ0n) is 7.23. The summed E-state index contributed by atoms with van der Waals surface area (Å²) >= 11 is 4.97. The van der Waals surface area contributed by atoms with Crippen LogP contribution in [0.3, 0.4) is 0 Å². The Kier molecular flexibility index (Phi) is 2.02. The SMILES string of the molecule is Cn1cc(-c2ccccc2)oc1=S. The first kappa shape index (κ1) is 8.26. The van der Waals surface area contributed by atoms with Crippen molar-refractivity contribution in [3.63, 3.8) is 0 Å². The molecule has 0 amide bonds. The second kappa shape index (κ2) is 3.18. The molecule has 0 atom stereocenters. The van der Waals surface area contributed by atoms with Crippen LogP contribution in [0.1, 0.15) is 0 Å². The van der Waals surface area contributed by atoms with Gasteiger partial charge >= 0.3 is 0 Å². The predicted molar refractivity (Wildman–Crippen MR) is 53.9 cm³/mol. The van der Waals surface area contributed by atoms with Gasteiger partial charge in [-0.3, -0.25) is 0 Å². The molecule has 0 saturated carbocycles. The van der Waals surface area contributed by atoms with Gasteiger partial charge in [-0.25, -0.2) is 0 Å². The number of hydrogen-bond acceptors (Lipinski definition) is 2. The summed E-state index contributed by atoms with van der Waals surface area (Å²) in [5, 5.41) is 0. The van der Waals surface area contributed by atoms with E-state index in [9.17, 15) is 0 Å². The van der Waals surface area contributed by atoms with Gasteiger partial charge in [0.15, 0.2) is 5.76 Å².